The van der Waals surface area contributed by atoms with Gasteiger partial charge in [-0.15, -0.1) is 0 Å². The molecule has 1 aliphatic rings. The smallest absolute Gasteiger partial charge is 0.255 e. The van der Waals surface area contributed by atoms with Crippen molar-refractivity contribution in [2.24, 2.45) is 0 Å². The second-order valence-corrected chi connectivity index (χ2v) is 8.48. The second-order valence-electron chi connectivity index (χ2n) is 8.48. The first kappa shape index (κ1) is 22.7. The van der Waals surface area contributed by atoms with E-state index in [1.807, 2.05) is 36.4 Å². The maximum Gasteiger partial charge on any atom is 0.255 e. The molecule has 7 heteroatoms. The molecule has 5 rings (SSSR count). The molecule has 2 aromatic carbocycles. The largest absolute Gasteiger partial charge is 0.497 e. The molecule has 0 fully saturated rings. The normalized spacial score (nSPS) is 16.5. The van der Waals surface area contributed by atoms with Crippen LogP contribution in [0.15, 0.2) is 90.0 Å². The average Bonchev–Trinajstić information content (AvgIpc) is 3.25. The lowest BCUT2D eigenvalue weighted by Crippen LogP contribution is -2.20. The number of aromatic nitrogens is 2. The SMILES string of the molecule is COc1ccc(CNC2C[C@@H](Nc3ccc(-n4ccccc4=O)cn3)c3ccccc32)c(OC)c1. The van der Waals surface area contributed by atoms with E-state index in [1.165, 1.54) is 17.2 Å². The number of hydrogen-bond acceptors (Lipinski definition) is 6. The van der Waals surface area contributed by atoms with Crippen LogP contribution in [0.4, 0.5) is 5.82 Å². The third-order valence-corrected chi connectivity index (χ3v) is 6.42. The molecule has 2 N–H and O–H groups in total. The molecule has 0 saturated carbocycles. The van der Waals surface area contributed by atoms with Crippen LogP contribution in [0, 0.1) is 0 Å². The summed E-state index contributed by atoms with van der Waals surface area (Å²) in [4.78, 5) is 16.7. The number of hydrogen-bond donors (Lipinski definition) is 2. The second kappa shape index (κ2) is 10.0. The number of nitrogens with zero attached hydrogens (tertiary/aromatic N) is 2. The molecule has 0 bridgehead atoms. The van der Waals surface area contributed by atoms with Crippen LogP contribution in [0.25, 0.3) is 5.69 Å². The Morgan fingerprint density at radius 1 is 0.943 bits per heavy atom. The number of nitrogens with one attached hydrogen (secondary N) is 2. The first-order chi connectivity index (χ1) is 17.2. The van der Waals surface area contributed by atoms with Crippen molar-refractivity contribution in [1.82, 2.24) is 14.9 Å². The Morgan fingerprint density at radius 2 is 1.74 bits per heavy atom. The van der Waals surface area contributed by atoms with Crippen molar-refractivity contribution in [3.8, 4) is 17.2 Å². The van der Waals surface area contributed by atoms with Gasteiger partial charge in [-0.25, -0.2) is 4.98 Å². The predicted octanol–water partition coefficient (Wildman–Crippen LogP) is 4.64. The van der Waals surface area contributed by atoms with Crippen LogP contribution in [-0.4, -0.2) is 23.8 Å². The zero-order chi connectivity index (χ0) is 24.2. The lowest BCUT2D eigenvalue weighted by Gasteiger charge is -2.17. The van der Waals surface area contributed by atoms with Gasteiger partial charge in [0.1, 0.15) is 17.3 Å². The molecule has 1 unspecified atom stereocenters. The van der Waals surface area contributed by atoms with Crippen molar-refractivity contribution in [2.45, 2.75) is 25.0 Å². The fraction of sp³-hybridized carbons (Fsp3) is 0.214. The highest BCUT2D eigenvalue weighted by Crippen LogP contribution is 2.40. The molecule has 0 amide bonds. The van der Waals surface area contributed by atoms with E-state index in [4.69, 9.17) is 9.47 Å². The number of fused-ring (bicyclic) bond motifs is 1. The van der Waals surface area contributed by atoms with Gasteiger partial charge >= 0.3 is 0 Å². The highest BCUT2D eigenvalue weighted by Gasteiger charge is 2.30. The molecule has 0 aliphatic heterocycles. The van der Waals surface area contributed by atoms with Gasteiger partial charge in [-0.1, -0.05) is 36.4 Å². The molecule has 1 aliphatic carbocycles. The molecule has 0 saturated heterocycles. The summed E-state index contributed by atoms with van der Waals surface area (Å²) in [7, 11) is 3.33. The van der Waals surface area contributed by atoms with Gasteiger partial charge in [0.05, 0.1) is 32.1 Å². The van der Waals surface area contributed by atoms with Crippen molar-refractivity contribution in [3.05, 3.63) is 112 Å². The fourth-order valence-electron chi connectivity index (χ4n) is 4.63. The van der Waals surface area contributed by atoms with Crippen LogP contribution in [0.3, 0.4) is 0 Å². The van der Waals surface area contributed by atoms with E-state index < -0.39 is 0 Å². The van der Waals surface area contributed by atoms with Crippen LogP contribution < -0.4 is 25.7 Å². The van der Waals surface area contributed by atoms with E-state index in [1.54, 1.807) is 37.2 Å². The van der Waals surface area contributed by atoms with Crippen molar-refractivity contribution in [3.63, 3.8) is 0 Å². The Labute approximate surface area is 204 Å². The number of benzene rings is 2. The van der Waals surface area contributed by atoms with Gasteiger partial charge in [0, 0.05) is 36.5 Å². The van der Waals surface area contributed by atoms with Gasteiger partial charge in [0.15, 0.2) is 0 Å². The molecule has 0 spiro atoms. The summed E-state index contributed by atoms with van der Waals surface area (Å²) in [5.41, 5.74) is 4.28. The topological polar surface area (TPSA) is 77.4 Å². The lowest BCUT2D eigenvalue weighted by molar-refractivity contribution is 0.388. The Balaban J connectivity index is 1.30. The third kappa shape index (κ3) is 4.76. The van der Waals surface area contributed by atoms with Crippen LogP contribution in [0.5, 0.6) is 11.5 Å². The molecular formula is C28H28N4O3. The minimum absolute atomic E-state index is 0.0814. The Morgan fingerprint density at radius 3 is 2.46 bits per heavy atom. The molecule has 2 aromatic heterocycles. The summed E-state index contributed by atoms with van der Waals surface area (Å²) in [5, 5.41) is 7.28. The summed E-state index contributed by atoms with van der Waals surface area (Å²) >= 11 is 0. The Hall–Kier alpha value is -4.10. The number of methoxy groups -OCH3 is 2. The van der Waals surface area contributed by atoms with Crippen LogP contribution in [0.1, 0.15) is 35.2 Å². The highest BCUT2D eigenvalue weighted by atomic mass is 16.5. The quantitative estimate of drug-likeness (QED) is 0.392. The Kier molecular flexibility index (Phi) is 6.50. The average molecular weight is 469 g/mol. The van der Waals surface area contributed by atoms with Crippen molar-refractivity contribution >= 4 is 5.82 Å². The van der Waals surface area contributed by atoms with Gasteiger partial charge in [0.25, 0.3) is 5.56 Å². The van der Waals surface area contributed by atoms with E-state index in [2.05, 4.69) is 39.9 Å². The van der Waals surface area contributed by atoms with Gasteiger partial charge in [0.2, 0.25) is 0 Å². The number of pyridine rings is 2. The van der Waals surface area contributed by atoms with Crippen molar-refractivity contribution in [1.29, 1.82) is 0 Å². The Bertz CT molecular complexity index is 1370. The first-order valence-electron chi connectivity index (χ1n) is 11.6. The number of anilines is 1. The number of rotatable bonds is 8. The summed E-state index contributed by atoms with van der Waals surface area (Å²) in [6, 6.07) is 23.6. The standard InChI is InChI=1S/C28H28N4O3/c1-34-21-12-10-19(26(15-21)35-2)17-29-24-16-25(23-8-4-3-7-22(23)24)31-27-13-11-20(18-30-27)32-14-6-5-9-28(32)33/h3-15,18,24-25,29H,16-17H2,1-2H3,(H,30,31)/t24?,25-/m1/s1. The van der Waals surface area contributed by atoms with E-state index in [-0.39, 0.29) is 17.6 Å². The summed E-state index contributed by atoms with van der Waals surface area (Å²) in [6.45, 7) is 0.678. The molecule has 2 heterocycles. The molecule has 4 aromatic rings. The van der Waals surface area contributed by atoms with Crippen LogP contribution in [0.2, 0.25) is 0 Å². The lowest BCUT2D eigenvalue weighted by atomic mass is 10.1. The van der Waals surface area contributed by atoms with E-state index in [0.717, 1.165) is 35.0 Å². The maximum absolute atomic E-state index is 12.1. The third-order valence-electron chi connectivity index (χ3n) is 6.42. The molecule has 0 radical (unpaired) electrons. The van der Waals surface area contributed by atoms with Crippen molar-refractivity contribution in [2.75, 3.05) is 19.5 Å². The van der Waals surface area contributed by atoms with Gasteiger partial charge in [-0.05, 0) is 41.8 Å². The summed E-state index contributed by atoms with van der Waals surface area (Å²) in [5.74, 6) is 2.35. The molecule has 178 valence electrons. The summed E-state index contributed by atoms with van der Waals surface area (Å²) in [6.07, 6.45) is 4.35. The van der Waals surface area contributed by atoms with E-state index in [9.17, 15) is 4.79 Å². The van der Waals surface area contributed by atoms with Gasteiger partial charge < -0.3 is 20.1 Å². The highest BCUT2D eigenvalue weighted by molar-refractivity contribution is 5.47. The van der Waals surface area contributed by atoms with E-state index >= 15 is 0 Å². The van der Waals surface area contributed by atoms with Crippen LogP contribution >= 0.6 is 0 Å². The molecular weight excluding hydrogens is 440 g/mol. The predicted molar refractivity (Wildman–Crippen MR) is 136 cm³/mol. The number of ether oxygens (including phenoxy) is 2. The monoisotopic (exact) mass is 468 g/mol. The van der Waals surface area contributed by atoms with Crippen LogP contribution in [-0.2, 0) is 6.54 Å². The molecule has 35 heavy (non-hydrogen) atoms. The van der Waals surface area contributed by atoms with Gasteiger partial charge in [-0.2, -0.15) is 0 Å². The fourth-order valence-corrected chi connectivity index (χ4v) is 4.63. The molecule has 7 nitrogen and oxygen atoms in total. The first-order valence-corrected chi connectivity index (χ1v) is 11.6. The zero-order valence-electron chi connectivity index (χ0n) is 19.8. The van der Waals surface area contributed by atoms with E-state index in [0.29, 0.717) is 6.54 Å². The minimum atomic E-state index is -0.0814. The maximum atomic E-state index is 12.1. The zero-order valence-corrected chi connectivity index (χ0v) is 19.8. The molecule has 2 atom stereocenters. The minimum Gasteiger partial charge on any atom is -0.497 e. The van der Waals surface area contributed by atoms with Gasteiger partial charge in [-0.3, -0.25) is 9.36 Å². The van der Waals surface area contributed by atoms with Crippen molar-refractivity contribution < 1.29 is 9.47 Å². The summed E-state index contributed by atoms with van der Waals surface area (Å²) < 4.78 is 12.5.